The van der Waals surface area contributed by atoms with Gasteiger partial charge in [0.05, 0.1) is 12.8 Å². The Balaban J connectivity index is 1.36. The number of amides is 3. The molecule has 4 bridgehead atoms. The van der Waals surface area contributed by atoms with Crippen LogP contribution in [0.5, 0.6) is 5.75 Å². The van der Waals surface area contributed by atoms with Gasteiger partial charge in [-0.2, -0.15) is 0 Å². The van der Waals surface area contributed by atoms with Crippen molar-refractivity contribution in [1.29, 1.82) is 0 Å². The van der Waals surface area contributed by atoms with Gasteiger partial charge in [0, 0.05) is 41.7 Å². The van der Waals surface area contributed by atoms with Gasteiger partial charge in [-0.1, -0.05) is 24.3 Å². The molecule has 1 aromatic heterocycles. The molecule has 0 spiro atoms. The maximum atomic E-state index is 13.3. The van der Waals surface area contributed by atoms with Crippen molar-refractivity contribution in [2.45, 2.75) is 19.3 Å². The fraction of sp³-hybridized carbons (Fsp3) is 0.233. The number of nitrogens with one attached hydrogen (secondary N) is 2. The molecule has 3 amide bonds. The van der Waals surface area contributed by atoms with E-state index in [9.17, 15) is 19.5 Å². The summed E-state index contributed by atoms with van der Waals surface area (Å²) in [5, 5.41) is 17.2. The molecule has 0 radical (unpaired) electrons. The quantitative estimate of drug-likeness (QED) is 0.356. The number of aromatic hydroxyl groups is 1. The number of phenolic OH excluding ortho intramolecular Hbond substituents is 1. The van der Waals surface area contributed by atoms with Gasteiger partial charge in [-0.25, -0.2) is 0 Å². The van der Waals surface area contributed by atoms with E-state index < -0.39 is 0 Å². The molecule has 5 rings (SSSR count). The molecule has 0 atom stereocenters. The number of nitrogens with zero attached hydrogens (tertiary/aromatic N) is 1. The van der Waals surface area contributed by atoms with E-state index in [-0.39, 0.29) is 30.0 Å². The zero-order valence-corrected chi connectivity index (χ0v) is 20.9. The molecule has 8 nitrogen and oxygen atoms in total. The molecule has 194 valence electrons. The van der Waals surface area contributed by atoms with Gasteiger partial charge in [-0.05, 0) is 72.9 Å². The van der Waals surface area contributed by atoms with E-state index in [1.807, 2.05) is 24.3 Å². The Labute approximate surface area is 220 Å². The molecule has 3 aromatic carbocycles. The highest BCUT2D eigenvalue weighted by Gasteiger charge is 2.20. The van der Waals surface area contributed by atoms with Crippen molar-refractivity contribution in [1.82, 2.24) is 15.5 Å². The summed E-state index contributed by atoms with van der Waals surface area (Å²) in [6, 6.07) is 19.5. The van der Waals surface area contributed by atoms with Crippen molar-refractivity contribution >= 4 is 28.7 Å². The zero-order chi connectivity index (χ0) is 26.5. The fourth-order valence-electron chi connectivity index (χ4n) is 4.63. The van der Waals surface area contributed by atoms with Gasteiger partial charge in [0.15, 0.2) is 0 Å². The number of benzene rings is 3. The number of carbonyl (C=O) groups excluding carboxylic acids is 3. The van der Waals surface area contributed by atoms with Crippen LogP contribution in [0, 0.1) is 0 Å². The van der Waals surface area contributed by atoms with E-state index in [0.29, 0.717) is 61.2 Å². The number of hydrogen-bond acceptors (Lipinski definition) is 5. The summed E-state index contributed by atoms with van der Waals surface area (Å²) in [6.45, 7) is 1.10. The molecule has 0 saturated heterocycles. The lowest BCUT2D eigenvalue weighted by atomic mass is 9.98. The summed E-state index contributed by atoms with van der Waals surface area (Å²) < 4.78 is 5.44. The lowest BCUT2D eigenvalue weighted by Crippen LogP contribution is -2.42. The van der Waals surface area contributed by atoms with Crippen molar-refractivity contribution in [3.63, 3.8) is 0 Å². The summed E-state index contributed by atoms with van der Waals surface area (Å²) in [4.78, 5) is 40.5. The van der Waals surface area contributed by atoms with Crippen LogP contribution in [0.25, 0.3) is 22.1 Å². The summed E-state index contributed by atoms with van der Waals surface area (Å²) in [5.74, 6) is -0.593. The van der Waals surface area contributed by atoms with Crippen molar-refractivity contribution in [3.8, 4) is 16.9 Å². The molecule has 0 unspecified atom stereocenters. The second kappa shape index (κ2) is 11.2. The third-order valence-corrected chi connectivity index (χ3v) is 6.70. The highest BCUT2D eigenvalue weighted by Crippen LogP contribution is 2.31. The third kappa shape index (κ3) is 5.70. The molecular formula is C30H29N3O5. The number of fused-ring (bicyclic) bond motifs is 6. The summed E-state index contributed by atoms with van der Waals surface area (Å²) >= 11 is 0. The van der Waals surface area contributed by atoms with E-state index in [2.05, 4.69) is 10.6 Å². The summed E-state index contributed by atoms with van der Waals surface area (Å²) in [7, 11) is 0. The number of phenols is 1. The molecular weight excluding hydrogens is 482 g/mol. The van der Waals surface area contributed by atoms with Crippen molar-refractivity contribution in [2.24, 2.45) is 0 Å². The maximum Gasteiger partial charge on any atom is 0.254 e. The van der Waals surface area contributed by atoms with Gasteiger partial charge >= 0.3 is 0 Å². The van der Waals surface area contributed by atoms with Crippen LogP contribution in [0.15, 0.2) is 77.4 Å². The van der Waals surface area contributed by atoms with Crippen molar-refractivity contribution < 1.29 is 23.9 Å². The Hall–Kier alpha value is -4.59. The molecule has 0 saturated carbocycles. The first kappa shape index (κ1) is 25.1. The summed E-state index contributed by atoms with van der Waals surface area (Å²) in [5.41, 5.74) is 3.85. The molecule has 1 aliphatic rings. The monoisotopic (exact) mass is 511 g/mol. The molecule has 4 aromatic rings. The third-order valence-electron chi connectivity index (χ3n) is 6.70. The Morgan fingerprint density at radius 2 is 1.76 bits per heavy atom. The summed E-state index contributed by atoms with van der Waals surface area (Å²) in [6.07, 6.45) is 3.37. The van der Waals surface area contributed by atoms with Crippen LogP contribution >= 0.6 is 0 Å². The van der Waals surface area contributed by atoms with Gasteiger partial charge < -0.3 is 25.1 Å². The number of hydrogen-bond donors (Lipinski definition) is 3. The second-order valence-electron chi connectivity index (χ2n) is 9.40. The molecule has 0 fully saturated rings. The first-order chi connectivity index (χ1) is 18.5. The molecule has 3 N–H and O–H groups in total. The first-order valence-electron chi connectivity index (χ1n) is 12.7. The highest BCUT2D eigenvalue weighted by molar-refractivity contribution is 5.99. The minimum Gasteiger partial charge on any atom is -0.507 e. The van der Waals surface area contributed by atoms with Gasteiger partial charge in [0.1, 0.15) is 11.3 Å². The molecule has 0 aliphatic carbocycles. The highest BCUT2D eigenvalue weighted by atomic mass is 16.3. The van der Waals surface area contributed by atoms with Crippen molar-refractivity contribution in [2.75, 3.05) is 26.2 Å². The Morgan fingerprint density at radius 1 is 0.895 bits per heavy atom. The van der Waals surface area contributed by atoms with Crippen molar-refractivity contribution in [3.05, 3.63) is 89.7 Å². The maximum absolute atomic E-state index is 13.3. The lowest BCUT2D eigenvalue weighted by molar-refractivity contribution is -0.121. The Kier molecular flexibility index (Phi) is 7.40. The molecule has 38 heavy (non-hydrogen) atoms. The molecule has 1 aliphatic heterocycles. The van der Waals surface area contributed by atoms with Crippen LogP contribution in [-0.4, -0.2) is 53.9 Å². The zero-order valence-electron chi connectivity index (χ0n) is 20.9. The number of rotatable bonds is 1. The number of carbonyl (C=O) groups is 3. The lowest BCUT2D eigenvalue weighted by Gasteiger charge is -2.22. The van der Waals surface area contributed by atoms with E-state index in [1.54, 1.807) is 48.7 Å². The van der Waals surface area contributed by atoms with E-state index in [1.165, 1.54) is 4.90 Å². The minimum absolute atomic E-state index is 0.0766. The normalized spacial score (nSPS) is 15.3. The van der Waals surface area contributed by atoms with Crippen LogP contribution in [0.4, 0.5) is 0 Å². The minimum atomic E-state index is -0.253. The Bertz CT molecular complexity index is 1490. The fourth-order valence-corrected chi connectivity index (χ4v) is 4.63. The first-order valence-corrected chi connectivity index (χ1v) is 12.7. The predicted molar refractivity (Wildman–Crippen MR) is 144 cm³/mol. The predicted octanol–water partition coefficient (Wildman–Crippen LogP) is 4.13. The van der Waals surface area contributed by atoms with Crippen LogP contribution in [0.3, 0.4) is 0 Å². The van der Waals surface area contributed by atoms with Crippen LogP contribution in [0.1, 0.15) is 39.1 Å². The largest absolute Gasteiger partial charge is 0.507 e. The molecule has 8 heteroatoms. The Morgan fingerprint density at radius 3 is 2.66 bits per heavy atom. The topological polar surface area (TPSA) is 112 Å². The van der Waals surface area contributed by atoms with Crippen LogP contribution in [-0.2, 0) is 11.2 Å². The number of furan rings is 1. The van der Waals surface area contributed by atoms with E-state index in [4.69, 9.17) is 4.42 Å². The average Bonchev–Trinajstić information content (AvgIpc) is 3.40. The van der Waals surface area contributed by atoms with Gasteiger partial charge in [0.2, 0.25) is 5.91 Å². The second-order valence-corrected chi connectivity index (χ2v) is 9.40. The van der Waals surface area contributed by atoms with E-state index >= 15 is 0 Å². The van der Waals surface area contributed by atoms with Gasteiger partial charge in [0.25, 0.3) is 11.8 Å². The molecule has 2 heterocycles. The van der Waals surface area contributed by atoms with Gasteiger partial charge in [-0.3, -0.25) is 14.4 Å². The van der Waals surface area contributed by atoms with Crippen LogP contribution < -0.4 is 10.6 Å². The SMILES string of the molecule is O=C1CN(C(=O)c2ccc3ccoc3c2)CCCCNC(=O)c2cccc(c2)-c2cc(ccc2O)CCN1. The average molecular weight is 512 g/mol. The van der Waals surface area contributed by atoms with Crippen LogP contribution in [0.2, 0.25) is 0 Å². The van der Waals surface area contributed by atoms with Gasteiger partial charge in [-0.15, -0.1) is 0 Å². The van der Waals surface area contributed by atoms with E-state index in [0.717, 1.165) is 16.5 Å². The smallest absolute Gasteiger partial charge is 0.254 e. The standard InChI is InChI=1S/C30H29N3O5/c34-26-9-6-20-10-13-31-28(35)19-33(30(37)24-8-7-21-11-15-38-27(21)18-24)14-2-1-12-32-29(36)23-5-3-4-22(17-23)25(26)16-20/h3-9,11,15-18,34H,1-2,10,12-14,19H2,(H,31,35)(H,32,36).